The molecule has 1 aromatic heterocycles. The zero-order valence-corrected chi connectivity index (χ0v) is 14.5. The molecule has 24 heavy (non-hydrogen) atoms. The Hall–Kier alpha value is -2.18. The molecule has 1 heterocycles. The summed E-state index contributed by atoms with van der Waals surface area (Å²) in [5, 5.41) is 13.8. The van der Waals surface area contributed by atoms with Crippen LogP contribution in [0, 0.1) is 0 Å². The number of aliphatic hydroxyl groups excluding tert-OH is 1. The van der Waals surface area contributed by atoms with Gasteiger partial charge in [-0.25, -0.2) is 0 Å². The molecule has 0 saturated heterocycles. The first kappa shape index (κ1) is 18.2. The van der Waals surface area contributed by atoms with E-state index in [9.17, 15) is 9.59 Å². The molecule has 0 unspecified atom stereocenters. The van der Waals surface area contributed by atoms with Gasteiger partial charge in [0.25, 0.3) is 11.8 Å². The highest BCUT2D eigenvalue weighted by Gasteiger charge is 2.16. The number of hydrogen-bond donors (Lipinski definition) is 2. The number of nitrogens with zero attached hydrogens (tertiary/aromatic N) is 1. The lowest BCUT2D eigenvalue weighted by Crippen LogP contribution is -2.34. The lowest BCUT2D eigenvalue weighted by molar-refractivity contribution is 0.0719. The molecule has 1 aromatic carbocycles. The standard InChI is InChI=1S/C18H22N2O3S/c1-2-3-9-20(10-11-21)18(23)14-6-4-7-15(13-14)19-17(22)16-8-5-12-24-16/h4-8,12-13,21H,2-3,9-11H2,1H3,(H,19,22). The van der Waals surface area contributed by atoms with E-state index in [0.717, 1.165) is 12.8 Å². The van der Waals surface area contributed by atoms with Crippen LogP contribution in [0.3, 0.4) is 0 Å². The van der Waals surface area contributed by atoms with Gasteiger partial charge in [-0.15, -0.1) is 11.3 Å². The second kappa shape index (κ2) is 9.20. The fourth-order valence-electron chi connectivity index (χ4n) is 2.30. The summed E-state index contributed by atoms with van der Waals surface area (Å²) in [6.45, 7) is 2.92. The second-order valence-electron chi connectivity index (χ2n) is 5.38. The Morgan fingerprint density at radius 2 is 2.04 bits per heavy atom. The molecular weight excluding hydrogens is 324 g/mol. The second-order valence-corrected chi connectivity index (χ2v) is 6.33. The first-order valence-corrected chi connectivity index (χ1v) is 8.88. The zero-order chi connectivity index (χ0) is 17.4. The molecular formula is C18H22N2O3S. The summed E-state index contributed by atoms with van der Waals surface area (Å²) in [4.78, 5) is 27.0. The highest BCUT2D eigenvalue weighted by molar-refractivity contribution is 7.12. The maximum atomic E-state index is 12.6. The number of anilines is 1. The van der Waals surface area contributed by atoms with Gasteiger partial charge in [-0.3, -0.25) is 9.59 Å². The number of amides is 2. The van der Waals surface area contributed by atoms with E-state index in [1.165, 1.54) is 11.3 Å². The molecule has 0 aliphatic rings. The first-order valence-electron chi connectivity index (χ1n) is 8.00. The molecule has 0 aliphatic carbocycles. The van der Waals surface area contributed by atoms with Crippen molar-refractivity contribution in [2.45, 2.75) is 19.8 Å². The van der Waals surface area contributed by atoms with Crippen LogP contribution < -0.4 is 5.32 Å². The van der Waals surface area contributed by atoms with Gasteiger partial charge in [0.2, 0.25) is 0 Å². The third-order valence-electron chi connectivity index (χ3n) is 3.55. The van der Waals surface area contributed by atoms with E-state index in [1.54, 1.807) is 35.2 Å². The molecule has 0 saturated carbocycles. The summed E-state index contributed by atoms with van der Waals surface area (Å²) >= 11 is 1.37. The molecule has 2 amide bonds. The summed E-state index contributed by atoms with van der Waals surface area (Å²) in [5.74, 6) is -0.322. The van der Waals surface area contributed by atoms with Crippen molar-refractivity contribution in [3.63, 3.8) is 0 Å². The number of benzene rings is 1. The number of aliphatic hydroxyl groups is 1. The highest BCUT2D eigenvalue weighted by atomic mass is 32.1. The third-order valence-corrected chi connectivity index (χ3v) is 4.42. The van der Waals surface area contributed by atoms with Gasteiger partial charge in [0.15, 0.2) is 0 Å². The van der Waals surface area contributed by atoms with Crippen molar-refractivity contribution in [3.05, 3.63) is 52.2 Å². The first-order chi connectivity index (χ1) is 11.7. The van der Waals surface area contributed by atoms with Crippen molar-refractivity contribution in [2.75, 3.05) is 25.0 Å². The van der Waals surface area contributed by atoms with Crippen LogP contribution in [-0.4, -0.2) is 41.5 Å². The van der Waals surface area contributed by atoms with E-state index in [2.05, 4.69) is 12.2 Å². The van der Waals surface area contributed by atoms with Crippen LogP contribution in [0.2, 0.25) is 0 Å². The number of thiophene rings is 1. The summed E-state index contributed by atoms with van der Waals surface area (Å²) in [6.07, 6.45) is 1.87. The zero-order valence-electron chi connectivity index (χ0n) is 13.7. The Balaban J connectivity index is 2.10. The van der Waals surface area contributed by atoms with E-state index in [0.29, 0.717) is 29.2 Å². The molecule has 2 rings (SSSR count). The van der Waals surface area contributed by atoms with Crippen LogP contribution in [0.4, 0.5) is 5.69 Å². The average molecular weight is 346 g/mol. The molecule has 0 atom stereocenters. The highest BCUT2D eigenvalue weighted by Crippen LogP contribution is 2.16. The van der Waals surface area contributed by atoms with Crippen molar-refractivity contribution in [1.29, 1.82) is 0 Å². The number of carbonyl (C=O) groups is 2. The van der Waals surface area contributed by atoms with Crippen molar-refractivity contribution in [1.82, 2.24) is 4.90 Å². The minimum Gasteiger partial charge on any atom is -0.395 e. The molecule has 0 aliphatic heterocycles. The maximum absolute atomic E-state index is 12.6. The molecule has 0 bridgehead atoms. The minimum atomic E-state index is -0.187. The normalized spacial score (nSPS) is 10.4. The van der Waals surface area contributed by atoms with Gasteiger partial charge in [0, 0.05) is 24.3 Å². The van der Waals surface area contributed by atoms with Crippen LogP contribution in [0.15, 0.2) is 41.8 Å². The van der Waals surface area contributed by atoms with Crippen molar-refractivity contribution >= 4 is 28.8 Å². The monoisotopic (exact) mass is 346 g/mol. The molecule has 2 aromatic rings. The van der Waals surface area contributed by atoms with Crippen LogP contribution in [0.1, 0.15) is 39.8 Å². The molecule has 0 fully saturated rings. The van der Waals surface area contributed by atoms with Crippen molar-refractivity contribution in [3.8, 4) is 0 Å². The van der Waals surface area contributed by atoms with E-state index < -0.39 is 0 Å². The molecule has 0 spiro atoms. The van der Waals surface area contributed by atoms with Gasteiger partial charge >= 0.3 is 0 Å². The largest absolute Gasteiger partial charge is 0.395 e. The van der Waals surface area contributed by atoms with E-state index >= 15 is 0 Å². The Labute approximate surface area is 145 Å². The summed E-state index contributed by atoms with van der Waals surface area (Å²) < 4.78 is 0. The SMILES string of the molecule is CCCCN(CCO)C(=O)c1cccc(NC(=O)c2cccs2)c1. The smallest absolute Gasteiger partial charge is 0.265 e. The fourth-order valence-corrected chi connectivity index (χ4v) is 2.92. The molecule has 5 nitrogen and oxygen atoms in total. The van der Waals surface area contributed by atoms with Gasteiger partial charge in [0.05, 0.1) is 11.5 Å². The van der Waals surface area contributed by atoms with E-state index in [-0.39, 0.29) is 18.4 Å². The molecule has 128 valence electrons. The molecule has 2 N–H and O–H groups in total. The Bertz CT molecular complexity index is 671. The average Bonchev–Trinajstić information content (AvgIpc) is 3.13. The number of hydrogen-bond acceptors (Lipinski definition) is 4. The van der Waals surface area contributed by atoms with E-state index in [4.69, 9.17) is 5.11 Å². The van der Waals surface area contributed by atoms with Gasteiger partial charge < -0.3 is 15.3 Å². The topological polar surface area (TPSA) is 69.6 Å². The Kier molecular flexibility index (Phi) is 6.96. The van der Waals surface area contributed by atoms with Crippen LogP contribution in [0.5, 0.6) is 0 Å². The number of nitrogens with one attached hydrogen (secondary N) is 1. The van der Waals surface area contributed by atoms with Crippen LogP contribution in [-0.2, 0) is 0 Å². The third kappa shape index (κ3) is 4.91. The minimum absolute atomic E-state index is 0.0652. The number of carbonyl (C=O) groups excluding carboxylic acids is 2. The van der Waals surface area contributed by atoms with Crippen LogP contribution >= 0.6 is 11.3 Å². The van der Waals surface area contributed by atoms with Gasteiger partial charge in [-0.05, 0) is 36.1 Å². The Morgan fingerprint density at radius 3 is 2.71 bits per heavy atom. The molecule has 0 radical (unpaired) electrons. The lowest BCUT2D eigenvalue weighted by Gasteiger charge is -2.21. The van der Waals surface area contributed by atoms with Crippen molar-refractivity contribution in [2.24, 2.45) is 0 Å². The maximum Gasteiger partial charge on any atom is 0.265 e. The summed E-state index contributed by atoms with van der Waals surface area (Å²) in [5.41, 5.74) is 1.09. The fraction of sp³-hybridized carbons (Fsp3) is 0.333. The Morgan fingerprint density at radius 1 is 1.21 bits per heavy atom. The number of unbranched alkanes of at least 4 members (excludes halogenated alkanes) is 1. The van der Waals surface area contributed by atoms with Crippen molar-refractivity contribution < 1.29 is 14.7 Å². The summed E-state index contributed by atoms with van der Waals surface area (Å²) in [7, 11) is 0. The predicted octanol–water partition coefficient (Wildman–Crippen LogP) is 3.24. The van der Waals surface area contributed by atoms with Gasteiger partial charge in [-0.2, -0.15) is 0 Å². The van der Waals surface area contributed by atoms with Crippen LogP contribution in [0.25, 0.3) is 0 Å². The summed E-state index contributed by atoms with van der Waals surface area (Å²) in [6, 6.07) is 10.5. The molecule has 6 heteroatoms. The van der Waals surface area contributed by atoms with Gasteiger partial charge in [0.1, 0.15) is 0 Å². The quantitative estimate of drug-likeness (QED) is 0.771. The van der Waals surface area contributed by atoms with Gasteiger partial charge in [-0.1, -0.05) is 25.5 Å². The predicted molar refractivity (Wildman–Crippen MR) is 96.6 cm³/mol. The number of rotatable bonds is 8. The lowest BCUT2D eigenvalue weighted by atomic mass is 10.1. The van der Waals surface area contributed by atoms with E-state index in [1.807, 2.05) is 11.4 Å².